The van der Waals surface area contributed by atoms with Crippen LogP contribution < -0.4 is 0 Å². The molecule has 0 radical (unpaired) electrons. The van der Waals surface area contributed by atoms with Gasteiger partial charge in [-0.3, -0.25) is 4.79 Å². The topological polar surface area (TPSA) is 37.3 Å². The second-order valence-corrected chi connectivity index (χ2v) is 4.93. The predicted molar refractivity (Wildman–Crippen MR) is 68.3 cm³/mol. The number of hydrogen-bond acceptors (Lipinski definition) is 2. The number of allylic oxidation sites excluding steroid dienone is 2. The Hall–Kier alpha value is -1.57. The van der Waals surface area contributed by atoms with E-state index in [1.54, 1.807) is 0 Å². The Morgan fingerprint density at radius 2 is 1.82 bits per heavy atom. The molecule has 0 fully saturated rings. The smallest absolute Gasteiger partial charge is 0.159 e. The summed E-state index contributed by atoms with van der Waals surface area (Å²) in [4.78, 5) is 11.5. The van der Waals surface area contributed by atoms with E-state index in [4.69, 9.17) is 0 Å². The molecule has 1 aromatic carbocycles. The van der Waals surface area contributed by atoms with Gasteiger partial charge < -0.3 is 5.11 Å². The molecule has 0 saturated heterocycles. The molecule has 0 aliphatic heterocycles. The molecule has 2 rings (SSSR count). The molecule has 0 heterocycles. The van der Waals surface area contributed by atoms with Gasteiger partial charge in [0.1, 0.15) is 0 Å². The summed E-state index contributed by atoms with van der Waals surface area (Å²) in [6.45, 7) is 6.29. The number of aliphatic hydroxyl groups is 1. The van der Waals surface area contributed by atoms with E-state index in [9.17, 15) is 9.90 Å². The van der Waals surface area contributed by atoms with Crippen LogP contribution >= 0.6 is 0 Å². The lowest BCUT2D eigenvalue weighted by atomic mass is 9.82. The van der Waals surface area contributed by atoms with Crippen LogP contribution in [0.3, 0.4) is 0 Å². The summed E-state index contributed by atoms with van der Waals surface area (Å²) < 4.78 is 0. The maximum Gasteiger partial charge on any atom is 0.159 e. The minimum Gasteiger partial charge on any atom is -0.512 e. The van der Waals surface area contributed by atoms with Gasteiger partial charge in [-0.2, -0.15) is 0 Å². The Balaban J connectivity index is 2.39. The van der Waals surface area contributed by atoms with Crippen molar-refractivity contribution < 1.29 is 9.90 Å². The highest BCUT2D eigenvalue weighted by molar-refractivity contribution is 5.91. The second-order valence-electron chi connectivity index (χ2n) is 4.93. The summed E-state index contributed by atoms with van der Waals surface area (Å²) in [6.07, 6.45) is 2.44. The summed E-state index contributed by atoms with van der Waals surface area (Å²) in [6, 6.07) is 4.19. The van der Waals surface area contributed by atoms with Gasteiger partial charge in [-0.25, -0.2) is 0 Å². The third-order valence-electron chi connectivity index (χ3n) is 3.77. The first kappa shape index (κ1) is 11.9. The first-order chi connectivity index (χ1) is 7.99. The SMILES string of the molecule is Cc1ccc(C2CC(=O)C=C(O)C2)c(C)c1C. The number of carbonyl (C=O) groups excluding carboxylic acids is 1. The molecule has 0 amide bonds. The van der Waals surface area contributed by atoms with Gasteiger partial charge in [0.05, 0.1) is 5.76 Å². The van der Waals surface area contributed by atoms with E-state index in [-0.39, 0.29) is 17.5 Å². The van der Waals surface area contributed by atoms with E-state index < -0.39 is 0 Å². The Labute approximate surface area is 102 Å². The van der Waals surface area contributed by atoms with Crippen molar-refractivity contribution in [2.45, 2.75) is 39.5 Å². The van der Waals surface area contributed by atoms with Crippen LogP contribution in [-0.2, 0) is 4.79 Å². The molecular weight excluding hydrogens is 212 g/mol. The Bertz CT molecular complexity index is 498. The van der Waals surface area contributed by atoms with Gasteiger partial charge in [0.2, 0.25) is 0 Å². The number of aryl methyl sites for hydroxylation is 1. The standard InChI is InChI=1S/C15H18O2/c1-9-4-5-15(11(3)10(9)2)12-6-13(16)8-14(17)7-12/h4-5,8,12,16H,6-7H2,1-3H3. The van der Waals surface area contributed by atoms with Crippen molar-refractivity contribution in [2.75, 3.05) is 0 Å². The summed E-state index contributed by atoms with van der Waals surface area (Å²) in [5.74, 6) is 0.368. The predicted octanol–water partition coefficient (Wildman–Crippen LogP) is 3.50. The lowest BCUT2D eigenvalue weighted by Gasteiger charge is -2.22. The number of carbonyl (C=O) groups is 1. The van der Waals surface area contributed by atoms with Crippen molar-refractivity contribution in [2.24, 2.45) is 0 Å². The van der Waals surface area contributed by atoms with Crippen LogP contribution in [0.4, 0.5) is 0 Å². The highest BCUT2D eigenvalue weighted by atomic mass is 16.3. The fraction of sp³-hybridized carbons (Fsp3) is 0.400. The third-order valence-corrected chi connectivity index (χ3v) is 3.77. The fourth-order valence-corrected chi connectivity index (χ4v) is 2.51. The Morgan fingerprint density at radius 1 is 1.12 bits per heavy atom. The van der Waals surface area contributed by atoms with Crippen LogP contribution in [0.15, 0.2) is 24.0 Å². The maximum absolute atomic E-state index is 11.5. The fourth-order valence-electron chi connectivity index (χ4n) is 2.51. The van der Waals surface area contributed by atoms with Crippen LogP contribution in [0.1, 0.15) is 41.0 Å². The average molecular weight is 230 g/mol. The number of hydrogen-bond donors (Lipinski definition) is 1. The van der Waals surface area contributed by atoms with Crippen LogP contribution in [0.25, 0.3) is 0 Å². The van der Waals surface area contributed by atoms with Crippen molar-refractivity contribution >= 4 is 5.78 Å². The Morgan fingerprint density at radius 3 is 2.47 bits per heavy atom. The molecule has 0 aromatic heterocycles. The van der Waals surface area contributed by atoms with E-state index in [0.717, 1.165) is 0 Å². The van der Waals surface area contributed by atoms with E-state index in [1.807, 2.05) is 0 Å². The summed E-state index contributed by atoms with van der Waals surface area (Å²) in [5.41, 5.74) is 5.00. The van der Waals surface area contributed by atoms with E-state index in [2.05, 4.69) is 32.9 Å². The molecule has 0 saturated carbocycles. The third kappa shape index (κ3) is 2.26. The molecule has 17 heavy (non-hydrogen) atoms. The van der Waals surface area contributed by atoms with E-state index in [1.165, 1.54) is 28.3 Å². The normalized spacial score (nSPS) is 20.3. The minimum absolute atomic E-state index is 0.0244. The molecule has 2 heteroatoms. The largest absolute Gasteiger partial charge is 0.512 e. The molecule has 0 spiro atoms. The van der Waals surface area contributed by atoms with Crippen LogP contribution in [0, 0.1) is 20.8 Å². The number of benzene rings is 1. The molecule has 1 atom stereocenters. The summed E-state index contributed by atoms with van der Waals surface area (Å²) in [7, 11) is 0. The van der Waals surface area contributed by atoms with E-state index in [0.29, 0.717) is 12.8 Å². The second kappa shape index (κ2) is 4.36. The lowest BCUT2D eigenvalue weighted by Crippen LogP contribution is -2.14. The molecule has 1 aromatic rings. The molecule has 0 bridgehead atoms. The van der Waals surface area contributed by atoms with Gasteiger partial charge in [-0.15, -0.1) is 0 Å². The van der Waals surface area contributed by atoms with Gasteiger partial charge >= 0.3 is 0 Å². The van der Waals surface area contributed by atoms with Crippen molar-refractivity contribution in [3.8, 4) is 0 Å². The highest BCUT2D eigenvalue weighted by Crippen LogP contribution is 2.33. The summed E-state index contributed by atoms with van der Waals surface area (Å²) in [5, 5.41) is 9.57. The van der Waals surface area contributed by atoms with Crippen LogP contribution in [0.2, 0.25) is 0 Å². The molecular formula is C15H18O2. The minimum atomic E-state index is 0.0244. The van der Waals surface area contributed by atoms with Crippen molar-refractivity contribution in [1.29, 1.82) is 0 Å². The zero-order valence-electron chi connectivity index (χ0n) is 10.6. The molecule has 1 aliphatic rings. The maximum atomic E-state index is 11.5. The van der Waals surface area contributed by atoms with Gasteiger partial charge in [-0.05, 0) is 48.9 Å². The molecule has 1 aliphatic carbocycles. The molecule has 2 nitrogen and oxygen atoms in total. The average Bonchev–Trinajstić information content (AvgIpc) is 2.24. The van der Waals surface area contributed by atoms with Gasteiger partial charge in [-0.1, -0.05) is 12.1 Å². The van der Waals surface area contributed by atoms with Crippen molar-refractivity contribution in [3.05, 3.63) is 46.2 Å². The zero-order chi connectivity index (χ0) is 12.6. The number of rotatable bonds is 1. The first-order valence-corrected chi connectivity index (χ1v) is 5.98. The van der Waals surface area contributed by atoms with Crippen molar-refractivity contribution in [1.82, 2.24) is 0 Å². The number of aliphatic hydroxyl groups excluding tert-OH is 1. The monoisotopic (exact) mass is 230 g/mol. The van der Waals surface area contributed by atoms with E-state index >= 15 is 0 Å². The molecule has 90 valence electrons. The molecule has 1 unspecified atom stereocenters. The quantitative estimate of drug-likeness (QED) is 0.801. The molecule has 1 N–H and O–H groups in total. The van der Waals surface area contributed by atoms with Crippen molar-refractivity contribution in [3.63, 3.8) is 0 Å². The number of ketones is 1. The summed E-state index contributed by atoms with van der Waals surface area (Å²) >= 11 is 0. The van der Waals surface area contributed by atoms with Gasteiger partial charge in [0.25, 0.3) is 0 Å². The van der Waals surface area contributed by atoms with Gasteiger partial charge in [0, 0.05) is 18.9 Å². The first-order valence-electron chi connectivity index (χ1n) is 5.98. The zero-order valence-corrected chi connectivity index (χ0v) is 10.6. The highest BCUT2D eigenvalue weighted by Gasteiger charge is 2.23. The lowest BCUT2D eigenvalue weighted by molar-refractivity contribution is -0.115. The van der Waals surface area contributed by atoms with Gasteiger partial charge in [0.15, 0.2) is 5.78 Å². The van der Waals surface area contributed by atoms with Crippen LogP contribution in [-0.4, -0.2) is 10.9 Å². The Kier molecular flexibility index (Phi) is 3.05. The van der Waals surface area contributed by atoms with Crippen LogP contribution in [0.5, 0.6) is 0 Å².